The Balaban J connectivity index is 1.48. The average molecular weight is 327 g/mol. The highest BCUT2D eigenvalue weighted by Crippen LogP contribution is 2.31. The van der Waals surface area contributed by atoms with E-state index in [0.29, 0.717) is 19.0 Å². The molecule has 1 saturated heterocycles. The second kappa shape index (κ2) is 7.85. The van der Waals surface area contributed by atoms with Gasteiger partial charge in [-0.1, -0.05) is 30.3 Å². The number of benzene rings is 1. The third-order valence-electron chi connectivity index (χ3n) is 3.91. The Kier molecular flexibility index (Phi) is 5.35. The van der Waals surface area contributed by atoms with E-state index < -0.39 is 0 Å². The fourth-order valence-corrected chi connectivity index (χ4v) is 2.70. The maximum Gasteiger partial charge on any atom is 0.173 e. The van der Waals surface area contributed by atoms with Crippen LogP contribution in [-0.2, 0) is 16.1 Å². The largest absolute Gasteiger partial charge is 0.381 e. The van der Waals surface area contributed by atoms with Crippen LogP contribution in [0.1, 0.15) is 36.0 Å². The van der Waals surface area contributed by atoms with Crippen LogP contribution in [0.25, 0.3) is 0 Å². The van der Waals surface area contributed by atoms with Crippen molar-refractivity contribution >= 4 is 12.2 Å². The van der Waals surface area contributed by atoms with Crippen molar-refractivity contribution in [3.8, 4) is 0 Å². The lowest BCUT2D eigenvalue weighted by atomic mass is 10.1. The van der Waals surface area contributed by atoms with Crippen molar-refractivity contribution in [2.75, 3.05) is 6.61 Å². The van der Waals surface area contributed by atoms with Crippen LogP contribution in [0, 0.1) is 5.41 Å². The molecule has 7 heteroatoms. The highest BCUT2D eigenvalue weighted by Gasteiger charge is 2.28. The number of aliphatic imine (C=N–C) groups is 1. The molecule has 7 nitrogen and oxygen atoms in total. The van der Waals surface area contributed by atoms with Gasteiger partial charge in [-0.15, -0.1) is 0 Å². The molecule has 0 saturated carbocycles. The summed E-state index contributed by atoms with van der Waals surface area (Å²) in [5.41, 5.74) is 7.74. The van der Waals surface area contributed by atoms with E-state index in [1.54, 1.807) is 6.20 Å². The summed E-state index contributed by atoms with van der Waals surface area (Å²) in [6.45, 7) is 1.17. The van der Waals surface area contributed by atoms with Crippen LogP contribution < -0.4 is 5.73 Å². The maximum atomic E-state index is 6.94. The first-order chi connectivity index (χ1) is 11.8. The number of aromatic amines is 1. The molecule has 3 rings (SSSR count). The van der Waals surface area contributed by atoms with Crippen LogP contribution in [0.4, 0.5) is 0 Å². The molecular weight excluding hydrogens is 306 g/mol. The molecule has 2 heterocycles. The second-order valence-corrected chi connectivity index (χ2v) is 5.66. The molecule has 126 valence electrons. The fourth-order valence-electron chi connectivity index (χ4n) is 2.70. The van der Waals surface area contributed by atoms with Crippen LogP contribution in [0.2, 0.25) is 0 Å². The first-order valence-corrected chi connectivity index (χ1v) is 7.91. The zero-order chi connectivity index (χ0) is 16.8. The number of rotatable bonds is 7. The quantitative estimate of drug-likeness (QED) is 0.534. The second-order valence-electron chi connectivity index (χ2n) is 5.66. The molecule has 4 N–H and O–H groups in total. The van der Waals surface area contributed by atoms with Crippen molar-refractivity contribution in [2.24, 2.45) is 10.7 Å². The van der Waals surface area contributed by atoms with Gasteiger partial charge in [0.05, 0.1) is 37.3 Å². The number of aromatic nitrogens is 2. The summed E-state index contributed by atoms with van der Waals surface area (Å²) in [5, 5.41) is 6.94. The molecule has 1 aromatic carbocycles. The first-order valence-electron chi connectivity index (χ1n) is 7.91. The highest BCUT2D eigenvalue weighted by molar-refractivity contribution is 5.98. The van der Waals surface area contributed by atoms with Crippen molar-refractivity contribution in [3.05, 3.63) is 53.6 Å². The summed E-state index contributed by atoms with van der Waals surface area (Å²) in [4.78, 5) is 11.0. The molecule has 0 bridgehead atoms. The van der Waals surface area contributed by atoms with Gasteiger partial charge in [-0.25, -0.2) is 9.98 Å². The van der Waals surface area contributed by atoms with Gasteiger partial charge in [-0.3, -0.25) is 5.41 Å². The SMILES string of the molecule is N=CN=C(N)c1ncc(C2CCC(COCc3ccccc3)O2)[nH]1. The van der Waals surface area contributed by atoms with Crippen LogP contribution in [-0.4, -0.2) is 34.9 Å². The third-order valence-corrected chi connectivity index (χ3v) is 3.91. The minimum Gasteiger partial charge on any atom is -0.381 e. The van der Waals surface area contributed by atoms with E-state index in [4.69, 9.17) is 20.6 Å². The molecule has 1 aromatic heterocycles. The topological polar surface area (TPSA) is 109 Å². The summed E-state index contributed by atoms with van der Waals surface area (Å²) in [5.74, 6) is 0.651. The van der Waals surface area contributed by atoms with Crippen molar-refractivity contribution in [1.29, 1.82) is 5.41 Å². The molecule has 24 heavy (non-hydrogen) atoms. The Labute approximate surface area is 140 Å². The summed E-state index contributed by atoms with van der Waals surface area (Å²) >= 11 is 0. The number of nitrogens with one attached hydrogen (secondary N) is 2. The van der Waals surface area contributed by atoms with Crippen molar-refractivity contribution in [1.82, 2.24) is 9.97 Å². The Morgan fingerprint density at radius 3 is 3.04 bits per heavy atom. The zero-order valence-corrected chi connectivity index (χ0v) is 13.3. The number of ether oxygens (including phenoxy) is 2. The number of nitrogens with two attached hydrogens (primary N) is 1. The first kappa shape index (κ1) is 16.4. The van der Waals surface area contributed by atoms with E-state index in [1.165, 1.54) is 0 Å². The molecule has 1 aliphatic rings. The standard InChI is InChI=1S/C17H21N5O2/c18-11-21-16(19)17-20-8-14(22-17)15-7-6-13(24-15)10-23-9-12-4-2-1-3-5-12/h1-5,8,11,13,15H,6-7,9-10H2,(H,20,22)(H3,18,19,21). The lowest BCUT2D eigenvalue weighted by molar-refractivity contribution is -0.0215. The number of amidine groups is 1. The zero-order valence-electron chi connectivity index (χ0n) is 13.3. The van der Waals surface area contributed by atoms with E-state index in [9.17, 15) is 0 Å². The molecule has 2 unspecified atom stereocenters. The predicted octanol–water partition coefficient (Wildman–Crippen LogP) is 2.16. The fraction of sp³-hybridized carbons (Fsp3) is 0.353. The van der Waals surface area contributed by atoms with E-state index in [2.05, 4.69) is 15.0 Å². The summed E-state index contributed by atoms with van der Waals surface area (Å²) in [6.07, 6.45) is 4.49. The number of hydrogen-bond acceptors (Lipinski definition) is 4. The van der Waals surface area contributed by atoms with E-state index in [1.807, 2.05) is 30.3 Å². The average Bonchev–Trinajstić information content (AvgIpc) is 3.25. The smallest absolute Gasteiger partial charge is 0.173 e. The molecule has 0 amide bonds. The minimum absolute atomic E-state index is 0.0376. The Bertz CT molecular complexity index is 698. The van der Waals surface area contributed by atoms with Gasteiger partial charge in [0, 0.05) is 0 Å². The monoisotopic (exact) mass is 327 g/mol. The van der Waals surface area contributed by atoms with Crippen LogP contribution in [0.5, 0.6) is 0 Å². The maximum absolute atomic E-state index is 6.94. The predicted molar refractivity (Wildman–Crippen MR) is 91.0 cm³/mol. The third kappa shape index (κ3) is 4.06. The van der Waals surface area contributed by atoms with Crippen molar-refractivity contribution < 1.29 is 9.47 Å². The number of nitrogens with zero attached hydrogens (tertiary/aromatic N) is 2. The van der Waals surface area contributed by atoms with Gasteiger partial charge in [0.2, 0.25) is 0 Å². The normalized spacial score (nSPS) is 21.1. The van der Waals surface area contributed by atoms with Gasteiger partial charge < -0.3 is 20.2 Å². The highest BCUT2D eigenvalue weighted by atomic mass is 16.5. The van der Waals surface area contributed by atoms with Gasteiger partial charge in [-0.2, -0.15) is 0 Å². The lowest BCUT2D eigenvalue weighted by Crippen LogP contribution is -2.16. The number of H-pyrrole nitrogens is 1. The van der Waals surface area contributed by atoms with Crippen molar-refractivity contribution in [2.45, 2.75) is 31.7 Å². The number of hydrogen-bond donors (Lipinski definition) is 3. The van der Waals surface area contributed by atoms with Gasteiger partial charge in [0.15, 0.2) is 11.7 Å². The van der Waals surface area contributed by atoms with Crippen LogP contribution >= 0.6 is 0 Å². The van der Waals surface area contributed by atoms with Crippen LogP contribution in [0.3, 0.4) is 0 Å². The lowest BCUT2D eigenvalue weighted by Gasteiger charge is -2.13. The minimum atomic E-state index is -0.0376. The molecule has 1 fully saturated rings. The molecule has 0 aliphatic carbocycles. The van der Waals surface area contributed by atoms with Gasteiger partial charge in [-0.05, 0) is 18.4 Å². The molecule has 0 spiro atoms. The Morgan fingerprint density at radius 1 is 1.42 bits per heavy atom. The molecule has 2 atom stereocenters. The molecule has 0 radical (unpaired) electrons. The number of imidazole rings is 1. The van der Waals surface area contributed by atoms with Gasteiger partial charge >= 0.3 is 0 Å². The molecular formula is C17H21N5O2. The van der Waals surface area contributed by atoms with Gasteiger partial charge in [0.25, 0.3) is 0 Å². The van der Waals surface area contributed by atoms with Crippen LogP contribution in [0.15, 0.2) is 41.5 Å². The Hall–Kier alpha value is -2.51. The van der Waals surface area contributed by atoms with E-state index in [0.717, 1.165) is 30.4 Å². The van der Waals surface area contributed by atoms with E-state index >= 15 is 0 Å². The Morgan fingerprint density at radius 2 is 2.25 bits per heavy atom. The summed E-state index contributed by atoms with van der Waals surface area (Å²) in [7, 11) is 0. The summed E-state index contributed by atoms with van der Waals surface area (Å²) in [6, 6.07) is 10.1. The summed E-state index contributed by atoms with van der Waals surface area (Å²) < 4.78 is 11.8. The van der Waals surface area contributed by atoms with Gasteiger partial charge in [0.1, 0.15) is 6.34 Å². The molecule has 1 aliphatic heterocycles. The van der Waals surface area contributed by atoms with Crippen molar-refractivity contribution in [3.63, 3.8) is 0 Å². The molecule has 2 aromatic rings. The van der Waals surface area contributed by atoms with E-state index in [-0.39, 0.29) is 18.0 Å².